The summed E-state index contributed by atoms with van der Waals surface area (Å²) in [7, 11) is 1.61. The van der Waals surface area contributed by atoms with Gasteiger partial charge in [0, 0.05) is 7.11 Å². The van der Waals surface area contributed by atoms with Gasteiger partial charge in [-0.05, 0) is 49.1 Å². The molecule has 2 rings (SSSR count). The molecule has 6 heteroatoms. The van der Waals surface area contributed by atoms with Crippen LogP contribution in [0, 0.1) is 0 Å². The van der Waals surface area contributed by atoms with Crippen LogP contribution in [0.25, 0.3) is 0 Å². The van der Waals surface area contributed by atoms with Gasteiger partial charge in [-0.2, -0.15) is 0 Å². The number of benzene rings is 1. The maximum atomic E-state index is 9.81. The van der Waals surface area contributed by atoms with Crippen LogP contribution >= 0.6 is 0 Å². The summed E-state index contributed by atoms with van der Waals surface area (Å²) in [6, 6.07) is 9.00. The second-order valence-electron chi connectivity index (χ2n) is 6.46. The summed E-state index contributed by atoms with van der Waals surface area (Å²) in [5.74, 6) is 0.844. The van der Waals surface area contributed by atoms with Gasteiger partial charge in [0.2, 0.25) is 0 Å². The maximum Gasteiger partial charge on any atom is 0.161 e. The Morgan fingerprint density at radius 2 is 1.78 bits per heavy atom. The van der Waals surface area contributed by atoms with Crippen LogP contribution in [0.4, 0.5) is 0 Å². The van der Waals surface area contributed by atoms with Crippen LogP contribution in [0.1, 0.15) is 65.0 Å². The molecule has 1 aromatic heterocycles. The molecule has 0 radical (unpaired) electrons. The first kappa shape index (κ1) is 22.8. The molecular weight excluding hydrogens is 342 g/mol. The number of ether oxygens (including phenoxy) is 2. The Morgan fingerprint density at radius 3 is 2.33 bits per heavy atom. The number of aromatic nitrogens is 3. The number of rotatable bonds is 10. The average Bonchev–Trinajstić information content (AvgIpc) is 2.70. The van der Waals surface area contributed by atoms with Gasteiger partial charge in [-0.25, -0.2) is 0 Å². The van der Waals surface area contributed by atoms with Crippen molar-refractivity contribution in [2.45, 2.75) is 71.5 Å². The Kier molecular flexibility index (Phi) is 11.0. The number of hydrogen-bond donors (Lipinski definition) is 1. The number of para-hydroxylation sites is 2. The van der Waals surface area contributed by atoms with Gasteiger partial charge in [-0.1, -0.05) is 45.7 Å². The first-order chi connectivity index (χ1) is 13.1. The predicted octanol–water partition coefficient (Wildman–Crippen LogP) is 4.93. The largest absolute Gasteiger partial charge is 0.504 e. The predicted molar refractivity (Wildman–Crippen MR) is 107 cm³/mol. The maximum absolute atomic E-state index is 9.81. The Labute approximate surface area is 162 Å². The molecular formula is C21H33N3O3. The van der Waals surface area contributed by atoms with E-state index in [-0.39, 0.29) is 11.4 Å². The molecule has 1 heterocycles. The number of phenolic OH excluding ortho intramolecular Hbond substituents is 1. The zero-order valence-corrected chi connectivity index (χ0v) is 17.0. The monoisotopic (exact) mass is 375 g/mol. The lowest BCUT2D eigenvalue weighted by Gasteiger charge is -2.33. The lowest BCUT2D eigenvalue weighted by atomic mass is 9.90. The topological polar surface area (TPSA) is 77.4 Å². The van der Waals surface area contributed by atoms with Crippen LogP contribution < -0.4 is 4.74 Å². The third kappa shape index (κ3) is 8.35. The van der Waals surface area contributed by atoms with Crippen LogP contribution in [-0.2, 0) is 11.3 Å². The van der Waals surface area contributed by atoms with Crippen LogP contribution in [0.15, 0.2) is 36.5 Å². The molecule has 0 unspecified atom stereocenters. The van der Waals surface area contributed by atoms with E-state index in [4.69, 9.17) is 9.47 Å². The highest BCUT2D eigenvalue weighted by Crippen LogP contribution is 2.34. The average molecular weight is 376 g/mol. The van der Waals surface area contributed by atoms with E-state index in [0.29, 0.717) is 12.4 Å². The van der Waals surface area contributed by atoms with Crippen LogP contribution in [0.2, 0.25) is 0 Å². The molecule has 150 valence electrons. The van der Waals surface area contributed by atoms with Gasteiger partial charge in [-0.15, -0.1) is 10.2 Å². The molecule has 0 aliphatic rings. The van der Waals surface area contributed by atoms with Crippen LogP contribution in [-0.4, -0.2) is 33.2 Å². The molecule has 2 aromatic rings. The summed E-state index contributed by atoms with van der Waals surface area (Å²) in [5.41, 5.74) is 0.668. The highest BCUT2D eigenvalue weighted by atomic mass is 16.5. The molecule has 0 spiro atoms. The van der Waals surface area contributed by atoms with E-state index in [1.54, 1.807) is 25.4 Å². The molecule has 0 bridgehead atoms. The molecule has 0 atom stereocenters. The molecule has 0 saturated carbocycles. The summed E-state index contributed by atoms with van der Waals surface area (Å²) >= 11 is 0. The number of nitrogens with zero attached hydrogens (tertiary/aromatic N) is 3. The minimum atomic E-state index is -0.131. The molecule has 6 nitrogen and oxygen atoms in total. The number of aromatic hydroxyl groups is 1. The van der Waals surface area contributed by atoms with Crippen molar-refractivity contribution < 1.29 is 14.6 Å². The van der Waals surface area contributed by atoms with Crippen molar-refractivity contribution in [3.8, 4) is 11.5 Å². The second kappa shape index (κ2) is 13.0. The number of hydrogen-bond acceptors (Lipinski definition) is 6. The zero-order valence-electron chi connectivity index (χ0n) is 17.0. The Balaban J connectivity index is 0.000000337. The number of unbranched alkanes of at least 4 members (excludes halogenated alkanes) is 2. The highest BCUT2D eigenvalue weighted by molar-refractivity contribution is 5.38. The van der Waals surface area contributed by atoms with Crippen molar-refractivity contribution in [2.75, 3.05) is 7.11 Å². The van der Waals surface area contributed by atoms with Gasteiger partial charge in [0.15, 0.2) is 11.5 Å². The lowest BCUT2D eigenvalue weighted by Crippen LogP contribution is -2.34. The first-order valence-corrected chi connectivity index (χ1v) is 9.70. The molecule has 0 aliphatic heterocycles. The van der Waals surface area contributed by atoms with Gasteiger partial charge < -0.3 is 14.6 Å². The fourth-order valence-electron chi connectivity index (χ4n) is 2.76. The highest BCUT2D eigenvalue weighted by Gasteiger charge is 2.28. The van der Waals surface area contributed by atoms with E-state index in [0.717, 1.165) is 25.0 Å². The van der Waals surface area contributed by atoms with Gasteiger partial charge in [0.05, 0.1) is 18.5 Å². The summed E-state index contributed by atoms with van der Waals surface area (Å²) < 4.78 is 10.9. The van der Waals surface area contributed by atoms with E-state index in [9.17, 15) is 5.11 Å². The van der Waals surface area contributed by atoms with Crippen molar-refractivity contribution in [3.63, 3.8) is 0 Å². The molecule has 27 heavy (non-hydrogen) atoms. The quantitative estimate of drug-likeness (QED) is 0.593. The Morgan fingerprint density at radius 1 is 1.04 bits per heavy atom. The number of methoxy groups -OCH3 is 1. The standard InChI is InChI=1S/C16H26O2.C5H7N3O/c1-4-7-10-13-16(5-2,6-3)18-15-12-9-8-11-14(15)17;1-9-4-5-2-3-6-8-7-5/h8-9,11-12,17H,4-7,10,13H2,1-3H3;2-3H,4H2,1H3. The number of phenols is 1. The van der Waals surface area contributed by atoms with E-state index < -0.39 is 0 Å². The lowest BCUT2D eigenvalue weighted by molar-refractivity contribution is 0.0456. The van der Waals surface area contributed by atoms with Crippen molar-refractivity contribution in [1.29, 1.82) is 0 Å². The van der Waals surface area contributed by atoms with Gasteiger partial charge in [-0.3, -0.25) is 0 Å². The van der Waals surface area contributed by atoms with Crippen molar-refractivity contribution in [1.82, 2.24) is 15.4 Å². The first-order valence-electron chi connectivity index (χ1n) is 9.70. The van der Waals surface area contributed by atoms with Gasteiger partial charge in [0.25, 0.3) is 0 Å². The Hall–Kier alpha value is -2.21. The minimum Gasteiger partial charge on any atom is -0.504 e. The van der Waals surface area contributed by atoms with Crippen LogP contribution in [0.3, 0.4) is 0 Å². The minimum absolute atomic E-state index is 0.131. The van der Waals surface area contributed by atoms with Gasteiger partial charge >= 0.3 is 0 Å². The van der Waals surface area contributed by atoms with Crippen molar-refractivity contribution >= 4 is 0 Å². The molecule has 0 aliphatic carbocycles. The third-order valence-corrected chi connectivity index (χ3v) is 4.57. The summed E-state index contributed by atoms with van der Waals surface area (Å²) in [4.78, 5) is 0. The second-order valence-corrected chi connectivity index (χ2v) is 6.46. The molecule has 0 saturated heterocycles. The zero-order chi connectivity index (χ0) is 20.0. The molecule has 0 fully saturated rings. The van der Waals surface area contributed by atoms with Crippen LogP contribution in [0.5, 0.6) is 11.5 Å². The fourth-order valence-corrected chi connectivity index (χ4v) is 2.76. The smallest absolute Gasteiger partial charge is 0.161 e. The molecule has 0 amide bonds. The normalized spacial score (nSPS) is 10.8. The SMILES string of the molecule is CCCCCC(CC)(CC)Oc1ccccc1O.COCc1ccnnn1. The molecule has 1 aromatic carbocycles. The van der Waals surface area contributed by atoms with Crippen molar-refractivity contribution in [3.05, 3.63) is 42.2 Å². The summed E-state index contributed by atoms with van der Waals surface area (Å²) in [6.45, 7) is 7.03. The van der Waals surface area contributed by atoms with Gasteiger partial charge in [0.1, 0.15) is 5.60 Å². The fraction of sp³-hybridized carbons (Fsp3) is 0.571. The van der Waals surface area contributed by atoms with E-state index >= 15 is 0 Å². The molecule has 1 N–H and O–H groups in total. The summed E-state index contributed by atoms with van der Waals surface area (Å²) in [6.07, 6.45) is 8.24. The third-order valence-electron chi connectivity index (χ3n) is 4.57. The Bertz CT molecular complexity index is 619. The van der Waals surface area contributed by atoms with E-state index in [2.05, 4.69) is 36.2 Å². The van der Waals surface area contributed by atoms with E-state index in [1.807, 2.05) is 18.2 Å². The van der Waals surface area contributed by atoms with Crippen molar-refractivity contribution in [2.24, 2.45) is 0 Å². The summed E-state index contributed by atoms with van der Waals surface area (Å²) in [5, 5.41) is 20.4. The van der Waals surface area contributed by atoms with E-state index in [1.165, 1.54) is 19.3 Å².